The van der Waals surface area contributed by atoms with Crippen LogP contribution in [-0.2, 0) is 15.8 Å². The van der Waals surface area contributed by atoms with Crippen molar-refractivity contribution >= 4 is 21.4 Å². The Labute approximate surface area is 117 Å². The predicted octanol–water partition coefficient (Wildman–Crippen LogP) is 2.37. The summed E-state index contributed by atoms with van der Waals surface area (Å²) in [6.45, 7) is 0. The molecule has 0 bridgehead atoms. The van der Waals surface area contributed by atoms with E-state index >= 15 is 0 Å². The van der Waals surface area contributed by atoms with Crippen LogP contribution in [0, 0.1) is 5.82 Å². The lowest BCUT2D eigenvalue weighted by molar-refractivity contribution is 0.589. The molecule has 20 heavy (non-hydrogen) atoms. The molecule has 2 N–H and O–H groups in total. The lowest BCUT2D eigenvalue weighted by Gasteiger charge is -2.20. The van der Waals surface area contributed by atoms with Gasteiger partial charge in [-0.3, -0.25) is 4.31 Å². The Bertz CT molecular complexity index is 699. The van der Waals surface area contributed by atoms with Gasteiger partial charge in [0.1, 0.15) is 5.82 Å². The summed E-state index contributed by atoms with van der Waals surface area (Å²) in [7, 11) is -2.31. The minimum atomic E-state index is -3.65. The third kappa shape index (κ3) is 3.08. The number of nitrogens with zero attached hydrogens (tertiary/aromatic N) is 1. The van der Waals surface area contributed by atoms with Gasteiger partial charge in [0.05, 0.1) is 11.4 Å². The van der Waals surface area contributed by atoms with E-state index < -0.39 is 15.8 Å². The van der Waals surface area contributed by atoms with Crippen LogP contribution in [-0.4, -0.2) is 15.5 Å². The molecule has 0 saturated carbocycles. The maximum absolute atomic E-state index is 13.6. The van der Waals surface area contributed by atoms with Gasteiger partial charge in [0, 0.05) is 12.7 Å². The number of hydrogen-bond acceptors (Lipinski definition) is 3. The minimum Gasteiger partial charge on any atom is -0.399 e. The second kappa shape index (κ2) is 5.50. The standard InChI is InChI=1S/C14H15FN2O2S/c1-17(14-5-3-2-4-13(14)15)20(18,19)10-11-6-8-12(16)9-7-11/h2-9H,10,16H2,1H3. The lowest BCUT2D eigenvalue weighted by atomic mass is 10.2. The molecule has 0 aliphatic carbocycles. The largest absolute Gasteiger partial charge is 0.399 e. The third-order valence-electron chi connectivity index (χ3n) is 2.94. The zero-order chi connectivity index (χ0) is 14.8. The van der Waals surface area contributed by atoms with Crippen LogP contribution < -0.4 is 10.0 Å². The van der Waals surface area contributed by atoms with Gasteiger partial charge in [-0.15, -0.1) is 0 Å². The molecule has 2 rings (SSSR count). The first kappa shape index (κ1) is 14.3. The summed E-state index contributed by atoms with van der Waals surface area (Å²) in [5.41, 5.74) is 6.75. The van der Waals surface area contributed by atoms with E-state index in [1.54, 1.807) is 30.3 Å². The van der Waals surface area contributed by atoms with Gasteiger partial charge >= 0.3 is 0 Å². The monoisotopic (exact) mass is 294 g/mol. The fourth-order valence-electron chi connectivity index (χ4n) is 1.78. The average Bonchev–Trinajstić information content (AvgIpc) is 2.41. The zero-order valence-electron chi connectivity index (χ0n) is 11.0. The van der Waals surface area contributed by atoms with E-state index in [1.165, 1.54) is 25.2 Å². The van der Waals surface area contributed by atoms with Crippen molar-refractivity contribution in [3.05, 3.63) is 59.9 Å². The Balaban J connectivity index is 2.26. The van der Waals surface area contributed by atoms with Gasteiger partial charge in [0.15, 0.2) is 0 Å². The number of sulfonamides is 1. The van der Waals surface area contributed by atoms with Gasteiger partial charge < -0.3 is 5.73 Å². The van der Waals surface area contributed by atoms with Gasteiger partial charge in [-0.05, 0) is 29.8 Å². The molecule has 0 spiro atoms. The van der Waals surface area contributed by atoms with Crippen molar-refractivity contribution in [1.29, 1.82) is 0 Å². The number of halogens is 1. The first-order valence-electron chi connectivity index (χ1n) is 5.96. The van der Waals surface area contributed by atoms with E-state index in [1.807, 2.05) is 0 Å². The fraction of sp³-hybridized carbons (Fsp3) is 0.143. The van der Waals surface area contributed by atoms with E-state index in [4.69, 9.17) is 5.73 Å². The third-order valence-corrected chi connectivity index (χ3v) is 4.67. The van der Waals surface area contributed by atoms with E-state index in [2.05, 4.69) is 0 Å². The number of nitrogen functional groups attached to an aromatic ring is 1. The van der Waals surface area contributed by atoms with Crippen LogP contribution in [0.5, 0.6) is 0 Å². The average molecular weight is 294 g/mol. The van der Waals surface area contributed by atoms with E-state index in [9.17, 15) is 12.8 Å². The summed E-state index contributed by atoms with van der Waals surface area (Å²) in [4.78, 5) is 0. The Morgan fingerprint density at radius 2 is 1.70 bits per heavy atom. The smallest absolute Gasteiger partial charge is 0.239 e. The van der Waals surface area contributed by atoms with Crippen LogP contribution in [0.4, 0.5) is 15.8 Å². The lowest BCUT2D eigenvalue weighted by Crippen LogP contribution is -2.28. The molecule has 0 radical (unpaired) electrons. The Morgan fingerprint density at radius 3 is 2.30 bits per heavy atom. The van der Waals surface area contributed by atoms with Gasteiger partial charge in [0.25, 0.3) is 0 Å². The second-order valence-electron chi connectivity index (χ2n) is 4.42. The van der Waals surface area contributed by atoms with Crippen molar-refractivity contribution in [2.45, 2.75) is 5.75 Å². The topological polar surface area (TPSA) is 63.4 Å². The molecule has 0 atom stereocenters. The number of anilines is 2. The van der Waals surface area contributed by atoms with Crippen molar-refractivity contribution in [1.82, 2.24) is 0 Å². The summed E-state index contributed by atoms with van der Waals surface area (Å²) >= 11 is 0. The summed E-state index contributed by atoms with van der Waals surface area (Å²) < 4.78 is 39.1. The van der Waals surface area contributed by atoms with Gasteiger partial charge in [0.2, 0.25) is 10.0 Å². The molecule has 0 unspecified atom stereocenters. The minimum absolute atomic E-state index is 0.0305. The molecule has 0 aromatic heterocycles. The van der Waals surface area contributed by atoms with Crippen molar-refractivity contribution < 1.29 is 12.8 Å². The molecule has 0 aliphatic rings. The number of hydrogen-bond donors (Lipinski definition) is 1. The highest BCUT2D eigenvalue weighted by Gasteiger charge is 2.21. The molecule has 4 nitrogen and oxygen atoms in total. The summed E-state index contributed by atoms with van der Waals surface area (Å²) in [6, 6.07) is 12.3. The molecule has 2 aromatic rings. The van der Waals surface area contributed by atoms with Crippen molar-refractivity contribution in [3.8, 4) is 0 Å². The summed E-state index contributed by atoms with van der Waals surface area (Å²) in [5, 5.41) is 0. The molecule has 6 heteroatoms. The Morgan fingerprint density at radius 1 is 1.10 bits per heavy atom. The quantitative estimate of drug-likeness (QED) is 0.881. The normalized spacial score (nSPS) is 11.3. The molecular weight excluding hydrogens is 279 g/mol. The van der Waals surface area contributed by atoms with Crippen LogP contribution in [0.3, 0.4) is 0 Å². The van der Waals surface area contributed by atoms with E-state index in [-0.39, 0.29) is 11.4 Å². The van der Waals surface area contributed by atoms with E-state index in [0.717, 1.165) is 4.31 Å². The van der Waals surface area contributed by atoms with Crippen LogP contribution in [0.25, 0.3) is 0 Å². The molecule has 0 heterocycles. The Hall–Kier alpha value is -2.08. The molecule has 106 valence electrons. The Kier molecular flexibility index (Phi) is 3.94. The van der Waals surface area contributed by atoms with Crippen LogP contribution >= 0.6 is 0 Å². The molecule has 0 fully saturated rings. The second-order valence-corrected chi connectivity index (χ2v) is 6.42. The van der Waals surface area contributed by atoms with Crippen LogP contribution in [0.1, 0.15) is 5.56 Å². The van der Waals surface area contributed by atoms with Crippen molar-refractivity contribution in [2.75, 3.05) is 17.1 Å². The van der Waals surface area contributed by atoms with Crippen LogP contribution in [0.15, 0.2) is 48.5 Å². The highest BCUT2D eigenvalue weighted by molar-refractivity contribution is 7.92. The predicted molar refractivity (Wildman–Crippen MR) is 78.3 cm³/mol. The van der Waals surface area contributed by atoms with Crippen molar-refractivity contribution in [2.24, 2.45) is 0 Å². The van der Waals surface area contributed by atoms with Crippen molar-refractivity contribution in [3.63, 3.8) is 0 Å². The van der Waals surface area contributed by atoms with Gasteiger partial charge in [-0.2, -0.15) is 0 Å². The van der Waals surface area contributed by atoms with Gasteiger partial charge in [-0.1, -0.05) is 24.3 Å². The zero-order valence-corrected chi connectivity index (χ0v) is 11.8. The molecule has 0 saturated heterocycles. The van der Waals surface area contributed by atoms with Gasteiger partial charge in [-0.25, -0.2) is 12.8 Å². The SMILES string of the molecule is CN(c1ccccc1F)S(=O)(=O)Cc1ccc(N)cc1. The molecular formula is C14H15FN2O2S. The highest BCUT2D eigenvalue weighted by Crippen LogP contribution is 2.22. The number of rotatable bonds is 4. The maximum atomic E-state index is 13.6. The molecule has 0 amide bonds. The number of benzene rings is 2. The maximum Gasteiger partial charge on any atom is 0.239 e. The molecule has 2 aromatic carbocycles. The first-order valence-corrected chi connectivity index (χ1v) is 7.56. The number of nitrogens with two attached hydrogens (primary N) is 1. The molecule has 0 aliphatic heterocycles. The fourth-order valence-corrected chi connectivity index (χ4v) is 3.03. The summed E-state index contributed by atoms with van der Waals surface area (Å²) in [6.07, 6.45) is 0. The number of para-hydroxylation sites is 1. The van der Waals surface area contributed by atoms with E-state index in [0.29, 0.717) is 11.3 Å². The highest BCUT2D eigenvalue weighted by atomic mass is 32.2. The van der Waals surface area contributed by atoms with Crippen LogP contribution in [0.2, 0.25) is 0 Å². The first-order chi connectivity index (χ1) is 9.40. The summed E-state index contributed by atoms with van der Waals surface area (Å²) in [5.74, 6) is -0.783.